The van der Waals surface area contributed by atoms with Crippen molar-refractivity contribution in [1.82, 2.24) is 18.9 Å². The van der Waals surface area contributed by atoms with Crippen LogP contribution in [0.1, 0.15) is 32.1 Å². The van der Waals surface area contributed by atoms with Crippen LogP contribution in [0.3, 0.4) is 0 Å². The molecule has 0 unspecified atom stereocenters. The fourth-order valence-electron chi connectivity index (χ4n) is 3.16. The number of carbonyl (C=O) groups is 2. The van der Waals surface area contributed by atoms with E-state index >= 15 is 0 Å². The van der Waals surface area contributed by atoms with E-state index < -0.39 is 35.2 Å². The number of ether oxygens (including phenoxy) is 1. The van der Waals surface area contributed by atoms with E-state index in [1.165, 1.54) is 14.1 Å². The number of Topliss-reactive ketones (excluding diaryl/α,β-unsaturated/α-hetero) is 1. The van der Waals surface area contributed by atoms with Crippen LogP contribution in [0.5, 0.6) is 0 Å². The summed E-state index contributed by atoms with van der Waals surface area (Å²) in [5, 5.41) is 4.37. The number of hydrogen-bond donors (Lipinski definition) is 1. The number of hydrogen-bond acceptors (Lipinski definition) is 7. The van der Waals surface area contributed by atoms with E-state index in [0.29, 0.717) is 11.4 Å². The predicted octanol–water partition coefficient (Wildman–Crippen LogP) is 0.508. The van der Waals surface area contributed by atoms with Crippen molar-refractivity contribution < 1.29 is 14.3 Å². The van der Waals surface area contributed by atoms with Crippen molar-refractivity contribution in [3.63, 3.8) is 0 Å². The van der Waals surface area contributed by atoms with Gasteiger partial charge in [-0.1, -0.05) is 18.2 Å². The minimum atomic E-state index is -0.846. The minimum absolute atomic E-state index is 0.230. The van der Waals surface area contributed by atoms with Gasteiger partial charge in [-0.25, -0.2) is 14.3 Å². The molecule has 0 bridgehead atoms. The predicted molar refractivity (Wildman–Crippen MR) is 109 cm³/mol. The second kappa shape index (κ2) is 7.82. The van der Waals surface area contributed by atoms with E-state index in [9.17, 15) is 19.2 Å². The molecule has 0 saturated carbocycles. The van der Waals surface area contributed by atoms with Crippen LogP contribution in [0.2, 0.25) is 0 Å². The smallest absolute Gasteiger partial charge is 0.342 e. The molecular formula is C20H21N5O5. The lowest BCUT2D eigenvalue weighted by Gasteiger charge is -2.11. The number of anilines is 1. The van der Waals surface area contributed by atoms with Gasteiger partial charge in [0.15, 0.2) is 6.61 Å². The molecule has 0 amide bonds. The van der Waals surface area contributed by atoms with E-state index in [1.807, 2.05) is 30.3 Å². The second-order valence-electron chi connectivity index (χ2n) is 6.76. The summed E-state index contributed by atoms with van der Waals surface area (Å²) in [7, 11) is 2.57. The molecule has 0 aliphatic rings. The monoisotopic (exact) mass is 411 g/mol. The number of aryl methyl sites for hydroxylation is 1. The third kappa shape index (κ3) is 3.43. The van der Waals surface area contributed by atoms with E-state index in [4.69, 9.17) is 10.5 Å². The summed E-state index contributed by atoms with van der Waals surface area (Å²) in [6, 6.07) is 9.25. The van der Waals surface area contributed by atoms with Gasteiger partial charge in [-0.3, -0.25) is 18.7 Å². The fourth-order valence-corrected chi connectivity index (χ4v) is 3.16. The molecule has 2 aromatic heterocycles. The summed E-state index contributed by atoms with van der Waals surface area (Å²) in [4.78, 5) is 49.3. The lowest BCUT2D eigenvalue weighted by atomic mass is 10.2. The van der Waals surface area contributed by atoms with Crippen LogP contribution in [-0.4, -0.2) is 37.3 Å². The van der Waals surface area contributed by atoms with Crippen molar-refractivity contribution >= 4 is 17.6 Å². The number of esters is 1. The van der Waals surface area contributed by atoms with Crippen molar-refractivity contribution in [2.45, 2.75) is 13.8 Å². The highest BCUT2D eigenvalue weighted by Crippen LogP contribution is 2.19. The van der Waals surface area contributed by atoms with Gasteiger partial charge in [0.25, 0.3) is 5.56 Å². The molecule has 3 rings (SSSR count). The first-order chi connectivity index (χ1) is 14.1. The highest BCUT2D eigenvalue weighted by atomic mass is 16.5. The number of nitrogens with two attached hydrogens (primary N) is 1. The zero-order chi connectivity index (χ0) is 22.2. The lowest BCUT2D eigenvalue weighted by molar-refractivity contribution is 0.0472. The van der Waals surface area contributed by atoms with Gasteiger partial charge in [0.05, 0.1) is 17.1 Å². The Balaban J connectivity index is 1.86. The van der Waals surface area contributed by atoms with E-state index in [-0.39, 0.29) is 11.4 Å². The Labute approximate surface area is 171 Å². The van der Waals surface area contributed by atoms with Crippen molar-refractivity contribution in [2.24, 2.45) is 14.1 Å². The first-order valence-corrected chi connectivity index (χ1v) is 9.02. The molecule has 10 heteroatoms. The summed E-state index contributed by atoms with van der Waals surface area (Å²) in [6.45, 7) is 2.67. The number of nitrogen functional groups attached to an aromatic ring is 1. The summed E-state index contributed by atoms with van der Waals surface area (Å²) in [5.41, 5.74) is 5.84. The van der Waals surface area contributed by atoms with E-state index in [1.54, 1.807) is 18.5 Å². The van der Waals surface area contributed by atoms with Gasteiger partial charge < -0.3 is 10.5 Å². The van der Waals surface area contributed by atoms with Gasteiger partial charge in [-0.15, -0.1) is 0 Å². The largest absolute Gasteiger partial charge is 0.454 e. The second-order valence-corrected chi connectivity index (χ2v) is 6.76. The maximum absolute atomic E-state index is 12.6. The van der Waals surface area contributed by atoms with Crippen LogP contribution < -0.4 is 17.0 Å². The summed E-state index contributed by atoms with van der Waals surface area (Å²) in [6.07, 6.45) is 0. The Morgan fingerprint density at radius 3 is 2.30 bits per heavy atom. The van der Waals surface area contributed by atoms with Gasteiger partial charge in [-0.05, 0) is 26.0 Å². The van der Waals surface area contributed by atoms with Crippen molar-refractivity contribution in [3.05, 3.63) is 73.7 Å². The number of benzene rings is 1. The first kappa shape index (κ1) is 20.8. The van der Waals surface area contributed by atoms with Crippen LogP contribution in [0.15, 0.2) is 39.9 Å². The molecule has 2 heterocycles. The molecule has 0 fully saturated rings. The zero-order valence-corrected chi connectivity index (χ0v) is 17.0. The molecule has 0 aliphatic carbocycles. The number of para-hydroxylation sites is 1. The maximum Gasteiger partial charge on any atom is 0.342 e. The number of rotatable bonds is 5. The zero-order valence-electron chi connectivity index (χ0n) is 17.0. The third-order valence-electron chi connectivity index (χ3n) is 4.82. The van der Waals surface area contributed by atoms with Crippen LogP contribution in [0.4, 0.5) is 5.82 Å². The SMILES string of the molecule is Cc1nn(-c2ccccc2)c(C)c1C(=O)OCC(=O)c1c(N)n(C)c(=O)n(C)c1=O. The molecule has 30 heavy (non-hydrogen) atoms. The maximum atomic E-state index is 12.6. The third-order valence-corrected chi connectivity index (χ3v) is 4.82. The number of carbonyl (C=O) groups excluding carboxylic acids is 2. The number of ketones is 1. The summed E-state index contributed by atoms with van der Waals surface area (Å²) in [5.74, 6) is -1.84. The van der Waals surface area contributed by atoms with E-state index in [2.05, 4.69) is 5.10 Å². The lowest BCUT2D eigenvalue weighted by Crippen LogP contribution is -2.42. The van der Waals surface area contributed by atoms with Crippen molar-refractivity contribution in [2.75, 3.05) is 12.3 Å². The molecular weight excluding hydrogens is 390 g/mol. The summed E-state index contributed by atoms with van der Waals surface area (Å²) < 4.78 is 8.50. The molecule has 0 radical (unpaired) electrons. The van der Waals surface area contributed by atoms with Crippen molar-refractivity contribution in [1.29, 1.82) is 0 Å². The molecule has 0 saturated heterocycles. The first-order valence-electron chi connectivity index (χ1n) is 9.02. The quantitative estimate of drug-likeness (QED) is 0.478. The number of aromatic nitrogens is 4. The van der Waals surface area contributed by atoms with Gasteiger partial charge in [0.1, 0.15) is 16.9 Å². The van der Waals surface area contributed by atoms with Crippen LogP contribution in [0.25, 0.3) is 5.69 Å². The minimum Gasteiger partial charge on any atom is -0.454 e. The molecule has 0 atom stereocenters. The molecule has 0 spiro atoms. The highest BCUT2D eigenvalue weighted by molar-refractivity contribution is 6.02. The van der Waals surface area contributed by atoms with Crippen molar-refractivity contribution in [3.8, 4) is 5.69 Å². The van der Waals surface area contributed by atoms with E-state index in [0.717, 1.165) is 14.8 Å². The highest BCUT2D eigenvalue weighted by Gasteiger charge is 2.24. The topological polar surface area (TPSA) is 131 Å². The van der Waals surface area contributed by atoms with Crippen LogP contribution >= 0.6 is 0 Å². The Morgan fingerprint density at radius 2 is 1.67 bits per heavy atom. The molecule has 3 aromatic rings. The fraction of sp³-hybridized carbons (Fsp3) is 0.250. The van der Waals surface area contributed by atoms with Crippen LogP contribution in [-0.2, 0) is 18.8 Å². The molecule has 10 nitrogen and oxygen atoms in total. The van der Waals surface area contributed by atoms with Gasteiger partial charge in [-0.2, -0.15) is 5.10 Å². The Kier molecular flexibility index (Phi) is 5.41. The molecule has 156 valence electrons. The molecule has 2 N–H and O–H groups in total. The van der Waals surface area contributed by atoms with Gasteiger partial charge in [0.2, 0.25) is 5.78 Å². The van der Waals surface area contributed by atoms with Crippen LogP contribution in [0, 0.1) is 13.8 Å². The summed E-state index contributed by atoms with van der Waals surface area (Å²) >= 11 is 0. The Bertz CT molecular complexity index is 1270. The van der Waals surface area contributed by atoms with Gasteiger partial charge >= 0.3 is 11.7 Å². The number of nitrogens with zero attached hydrogens (tertiary/aromatic N) is 4. The Hall–Kier alpha value is -3.95. The molecule has 1 aromatic carbocycles. The average molecular weight is 411 g/mol. The molecule has 0 aliphatic heterocycles. The average Bonchev–Trinajstić information content (AvgIpc) is 3.04. The Morgan fingerprint density at radius 1 is 1.03 bits per heavy atom. The standard InChI is InChI=1S/C20H21N5O5/c1-11-15(12(2)25(22-11)13-8-6-5-7-9-13)19(28)30-10-14(26)16-17(21)23(3)20(29)24(4)18(16)27/h5-9H,10,21H2,1-4H3. The van der Waals surface area contributed by atoms with Gasteiger partial charge in [0, 0.05) is 14.1 Å². The normalized spacial score (nSPS) is 10.8.